The lowest BCUT2D eigenvalue weighted by Crippen LogP contribution is -2.52. The van der Waals surface area contributed by atoms with Crippen LogP contribution < -0.4 is 10.2 Å². The van der Waals surface area contributed by atoms with Gasteiger partial charge in [0.1, 0.15) is 0 Å². The SMILES string of the molecule is CCCNC(=O)CN1CCN(C(=O)C2CC(=O)N(c3ccccc3)C2)CC1. The minimum absolute atomic E-state index is 0.00535. The molecule has 0 radical (unpaired) electrons. The molecule has 1 aromatic rings. The van der Waals surface area contributed by atoms with E-state index in [1.807, 2.05) is 42.2 Å². The van der Waals surface area contributed by atoms with Crippen LogP contribution in [0.25, 0.3) is 0 Å². The third kappa shape index (κ3) is 4.86. The highest BCUT2D eigenvalue weighted by Crippen LogP contribution is 2.26. The van der Waals surface area contributed by atoms with Crippen LogP contribution in [-0.4, -0.2) is 73.3 Å². The number of nitrogens with zero attached hydrogens (tertiary/aromatic N) is 3. The van der Waals surface area contributed by atoms with E-state index in [0.29, 0.717) is 45.8 Å². The molecule has 0 saturated carbocycles. The highest BCUT2D eigenvalue weighted by atomic mass is 16.2. The predicted octanol–water partition coefficient (Wildman–Crippen LogP) is 0.710. The molecule has 7 heteroatoms. The topological polar surface area (TPSA) is 73.0 Å². The smallest absolute Gasteiger partial charge is 0.234 e. The Bertz CT molecular complexity index is 671. The fourth-order valence-electron chi connectivity index (χ4n) is 3.64. The molecule has 2 heterocycles. The first kappa shape index (κ1) is 19.4. The van der Waals surface area contributed by atoms with E-state index in [0.717, 1.165) is 12.1 Å². The third-order valence-electron chi connectivity index (χ3n) is 5.17. The summed E-state index contributed by atoms with van der Waals surface area (Å²) in [6, 6.07) is 9.50. The summed E-state index contributed by atoms with van der Waals surface area (Å²) in [5, 5.41) is 2.88. The molecule has 2 fully saturated rings. The van der Waals surface area contributed by atoms with Crippen LogP contribution in [0.3, 0.4) is 0 Å². The molecule has 27 heavy (non-hydrogen) atoms. The van der Waals surface area contributed by atoms with Gasteiger partial charge in [-0.1, -0.05) is 25.1 Å². The van der Waals surface area contributed by atoms with E-state index in [9.17, 15) is 14.4 Å². The number of anilines is 1. The predicted molar refractivity (Wildman–Crippen MR) is 103 cm³/mol. The Balaban J connectivity index is 1.48. The van der Waals surface area contributed by atoms with Crippen LogP contribution in [0.15, 0.2) is 30.3 Å². The van der Waals surface area contributed by atoms with Crippen molar-refractivity contribution in [1.29, 1.82) is 0 Å². The molecule has 1 unspecified atom stereocenters. The minimum atomic E-state index is -0.280. The lowest BCUT2D eigenvalue weighted by Gasteiger charge is -2.35. The largest absolute Gasteiger partial charge is 0.355 e. The van der Waals surface area contributed by atoms with Crippen molar-refractivity contribution in [2.75, 3.05) is 50.7 Å². The van der Waals surface area contributed by atoms with Gasteiger partial charge >= 0.3 is 0 Å². The lowest BCUT2D eigenvalue weighted by molar-refractivity contribution is -0.137. The maximum absolute atomic E-state index is 12.8. The normalized spacial score (nSPS) is 20.8. The quantitative estimate of drug-likeness (QED) is 0.798. The molecular weight excluding hydrogens is 344 g/mol. The van der Waals surface area contributed by atoms with E-state index < -0.39 is 0 Å². The zero-order chi connectivity index (χ0) is 19.2. The Labute approximate surface area is 160 Å². The summed E-state index contributed by atoms with van der Waals surface area (Å²) in [7, 11) is 0. The zero-order valence-electron chi connectivity index (χ0n) is 15.9. The van der Waals surface area contributed by atoms with E-state index in [4.69, 9.17) is 0 Å². The molecule has 7 nitrogen and oxygen atoms in total. The van der Waals surface area contributed by atoms with Crippen molar-refractivity contribution in [3.63, 3.8) is 0 Å². The van der Waals surface area contributed by atoms with Gasteiger partial charge in [-0.25, -0.2) is 0 Å². The van der Waals surface area contributed by atoms with Crippen LogP contribution >= 0.6 is 0 Å². The number of rotatable bonds is 6. The number of amides is 3. The number of carbonyl (C=O) groups excluding carboxylic acids is 3. The van der Waals surface area contributed by atoms with Gasteiger partial charge in [0.25, 0.3) is 0 Å². The molecule has 2 saturated heterocycles. The summed E-state index contributed by atoms with van der Waals surface area (Å²) < 4.78 is 0. The molecule has 0 aromatic heterocycles. The average Bonchev–Trinajstić information content (AvgIpc) is 3.09. The molecule has 1 N–H and O–H groups in total. The number of carbonyl (C=O) groups is 3. The maximum Gasteiger partial charge on any atom is 0.234 e. The van der Waals surface area contributed by atoms with Gasteiger partial charge in [0.05, 0.1) is 12.5 Å². The van der Waals surface area contributed by atoms with E-state index in [1.54, 1.807) is 4.90 Å². The number of piperazine rings is 1. The third-order valence-corrected chi connectivity index (χ3v) is 5.17. The maximum atomic E-state index is 12.8. The Morgan fingerprint density at radius 3 is 2.48 bits per heavy atom. The Morgan fingerprint density at radius 1 is 1.11 bits per heavy atom. The molecule has 0 bridgehead atoms. The fraction of sp³-hybridized carbons (Fsp3) is 0.550. The van der Waals surface area contributed by atoms with Crippen molar-refractivity contribution < 1.29 is 14.4 Å². The molecular formula is C20H28N4O3. The van der Waals surface area contributed by atoms with Crippen molar-refractivity contribution in [2.45, 2.75) is 19.8 Å². The van der Waals surface area contributed by atoms with E-state index in [-0.39, 0.29) is 30.1 Å². The standard InChI is InChI=1S/C20H28N4O3/c1-2-8-21-18(25)15-22-9-11-23(12-10-22)20(27)16-13-19(26)24(14-16)17-6-4-3-5-7-17/h3-7,16H,2,8-15H2,1H3,(H,21,25). The van der Waals surface area contributed by atoms with Gasteiger partial charge in [0.2, 0.25) is 17.7 Å². The summed E-state index contributed by atoms with van der Waals surface area (Å²) in [6.45, 7) is 6.14. The van der Waals surface area contributed by atoms with Gasteiger partial charge in [-0.15, -0.1) is 0 Å². The van der Waals surface area contributed by atoms with E-state index in [1.165, 1.54) is 0 Å². The van der Waals surface area contributed by atoms with Gasteiger partial charge in [0, 0.05) is 51.4 Å². The summed E-state index contributed by atoms with van der Waals surface area (Å²) in [6.07, 6.45) is 1.20. The second kappa shape index (κ2) is 8.99. The van der Waals surface area contributed by atoms with Crippen LogP contribution in [0.2, 0.25) is 0 Å². The Hall–Kier alpha value is -2.41. The monoisotopic (exact) mass is 372 g/mol. The van der Waals surface area contributed by atoms with Crippen LogP contribution in [-0.2, 0) is 14.4 Å². The van der Waals surface area contributed by atoms with Crippen molar-refractivity contribution in [3.05, 3.63) is 30.3 Å². The van der Waals surface area contributed by atoms with Crippen molar-refractivity contribution in [3.8, 4) is 0 Å². The van der Waals surface area contributed by atoms with Crippen LogP contribution in [0.5, 0.6) is 0 Å². The number of para-hydroxylation sites is 1. The molecule has 1 atom stereocenters. The van der Waals surface area contributed by atoms with Gasteiger partial charge in [-0.05, 0) is 18.6 Å². The fourth-order valence-corrected chi connectivity index (χ4v) is 3.64. The number of hydrogen-bond donors (Lipinski definition) is 1. The Kier molecular flexibility index (Phi) is 6.45. The molecule has 0 aliphatic carbocycles. The van der Waals surface area contributed by atoms with E-state index in [2.05, 4.69) is 10.2 Å². The second-order valence-corrected chi connectivity index (χ2v) is 7.19. The van der Waals surface area contributed by atoms with Crippen LogP contribution in [0.1, 0.15) is 19.8 Å². The molecule has 1 aromatic carbocycles. The average molecular weight is 372 g/mol. The van der Waals surface area contributed by atoms with Crippen molar-refractivity contribution >= 4 is 23.4 Å². The van der Waals surface area contributed by atoms with Crippen molar-refractivity contribution in [2.24, 2.45) is 5.92 Å². The zero-order valence-corrected chi connectivity index (χ0v) is 15.9. The van der Waals surface area contributed by atoms with Gasteiger partial charge in [-0.2, -0.15) is 0 Å². The molecule has 3 amide bonds. The number of nitrogens with one attached hydrogen (secondary N) is 1. The number of hydrogen-bond acceptors (Lipinski definition) is 4. The van der Waals surface area contributed by atoms with Crippen LogP contribution in [0, 0.1) is 5.92 Å². The molecule has 2 aliphatic heterocycles. The summed E-state index contributed by atoms with van der Waals surface area (Å²) >= 11 is 0. The molecule has 3 rings (SSSR count). The Morgan fingerprint density at radius 2 is 1.81 bits per heavy atom. The number of benzene rings is 1. The summed E-state index contributed by atoms with van der Waals surface area (Å²) in [4.78, 5) is 42.6. The molecule has 0 spiro atoms. The van der Waals surface area contributed by atoms with Gasteiger partial charge < -0.3 is 15.1 Å². The highest BCUT2D eigenvalue weighted by molar-refractivity contribution is 6.00. The molecule has 146 valence electrons. The van der Waals surface area contributed by atoms with Gasteiger partial charge in [-0.3, -0.25) is 19.3 Å². The summed E-state index contributed by atoms with van der Waals surface area (Å²) in [5.41, 5.74) is 0.848. The molecule has 2 aliphatic rings. The highest BCUT2D eigenvalue weighted by Gasteiger charge is 2.37. The minimum Gasteiger partial charge on any atom is -0.355 e. The first-order chi connectivity index (χ1) is 13.1. The van der Waals surface area contributed by atoms with Crippen molar-refractivity contribution in [1.82, 2.24) is 15.1 Å². The lowest BCUT2D eigenvalue weighted by atomic mass is 10.1. The van der Waals surface area contributed by atoms with E-state index >= 15 is 0 Å². The van der Waals surface area contributed by atoms with Crippen LogP contribution in [0.4, 0.5) is 5.69 Å². The second-order valence-electron chi connectivity index (χ2n) is 7.19. The van der Waals surface area contributed by atoms with Gasteiger partial charge in [0.15, 0.2) is 0 Å². The first-order valence-corrected chi connectivity index (χ1v) is 9.71. The summed E-state index contributed by atoms with van der Waals surface area (Å²) in [5.74, 6) is -0.184. The first-order valence-electron chi connectivity index (χ1n) is 9.71.